The SMILES string of the molecule is CCN(CC)c1cccc(C=O)c1N(CC)CC. The van der Waals surface area contributed by atoms with Crippen LogP contribution in [0.3, 0.4) is 0 Å². The second-order valence-electron chi connectivity index (χ2n) is 4.18. The molecule has 0 fully saturated rings. The first-order valence-corrected chi connectivity index (χ1v) is 6.81. The van der Waals surface area contributed by atoms with Crippen LogP contribution < -0.4 is 9.80 Å². The molecule has 0 amide bonds. The van der Waals surface area contributed by atoms with Crippen LogP contribution in [0.25, 0.3) is 0 Å². The van der Waals surface area contributed by atoms with E-state index in [1.165, 1.54) is 0 Å². The number of carbonyl (C=O) groups excluding carboxylic acids is 1. The van der Waals surface area contributed by atoms with Crippen molar-refractivity contribution in [3.05, 3.63) is 23.8 Å². The number of para-hydroxylation sites is 1. The molecule has 3 heteroatoms. The van der Waals surface area contributed by atoms with Gasteiger partial charge < -0.3 is 9.80 Å². The Balaban J connectivity index is 3.36. The predicted molar refractivity (Wildman–Crippen MR) is 79.0 cm³/mol. The molecule has 3 nitrogen and oxygen atoms in total. The van der Waals surface area contributed by atoms with Crippen molar-refractivity contribution in [1.29, 1.82) is 0 Å². The van der Waals surface area contributed by atoms with Crippen LogP contribution in [0.15, 0.2) is 18.2 Å². The van der Waals surface area contributed by atoms with Gasteiger partial charge in [-0.25, -0.2) is 0 Å². The Morgan fingerprint density at radius 3 is 1.94 bits per heavy atom. The molecule has 0 aliphatic rings. The lowest BCUT2D eigenvalue weighted by molar-refractivity contribution is 0.112. The van der Waals surface area contributed by atoms with Gasteiger partial charge in [0.25, 0.3) is 0 Å². The molecule has 18 heavy (non-hydrogen) atoms. The average Bonchev–Trinajstić information content (AvgIpc) is 2.42. The lowest BCUT2D eigenvalue weighted by atomic mass is 10.1. The highest BCUT2D eigenvalue weighted by Crippen LogP contribution is 2.32. The number of nitrogens with zero attached hydrogens (tertiary/aromatic N) is 2. The van der Waals surface area contributed by atoms with E-state index in [4.69, 9.17) is 0 Å². The van der Waals surface area contributed by atoms with Crippen molar-refractivity contribution < 1.29 is 4.79 Å². The number of hydrogen-bond donors (Lipinski definition) is 0. The van der Waals surface area contributed by atoms with Crippen LogP contribution in [0.1, 0.15) is 38.1 Å². The van der Waals surface area contributed by atoms with E-state index < -0.39 is 0 Å². The van der Waals surface area contributed by atoms with E-state index >= 15 is 0 Å². The lowest BCUT2D eigenvalue weighted by Crippen LogP contribution is -2.29. The van der Waals surface area contributed by atoms with Crippen LogP contribution >= 0.6 is 0 Å². The van der Waals surface area contributed by atoms with E-state index in [0.717, 1.165) is 49.4 Å². The molecule has 0 aliphatic carbocycles. The Morgan fingerprint density at radius 1 is 0.944 bits per heavy atom. The summed E-state index contributed by atoms with van der Waals surface area (Å²) in [4.78, 5) is 15.8. The van der Waals surface area contributed by atoms with E-state index in [1.54, 1.807) is 0 Å². The number of rotatable bonds is 7. The normalized spacial score (nSPS) is 10.2. The molecule has 1 aromatic rings. The van der Waals surface area contributed by atoms with Gasteiger partial charge in [0.2, 0.25) is 0 Å². The fraction of sp³-hybridized carbons (Fsp3) is 0.533. The Morgan fingerprint density at radius 2 is 1.50 bits per heavy atom. The van der Waals surface area contributed by atoms with Gasteiger partial charge in [-0.05, 0) is 39.8 Å². The summed E-state index contributed by atoms with van der Waals surface area (Å²) in [5, 5.41) is 0. The quantitative estimate of drug-likeness (QED) is 0.692. The number of carbonyl (C=O) groups is 1. The summed E-state index contributed by atoms with van der Waals surface area (Å²) in [7, 11) is 0. The third-order valence-corrected chi connectivity index (χ3v) is 3.36. The van der Waals surface area contributed by atoms with E-state index in [1.807, 2.05) is 12.1 Å². The third kappa shape index (κ3) is 2.84. The van der Waals surface area contributed by atoms with Crippen LogP contribution in [0.4, 0.5) is 11.4 Å². The second-order valence-corrected chi connectivity index (χ2v) is 4.18. The van der Waals surface area contributed by atoms with Crippen LogP contribution in [0.5, 0.6) is 0 Å². The summed E-state index contributed by atoms with van der Waals surface area (Å²) in [6, 6.07) is 5.96. The first-order chi connectivity index (χ1) is 8.73. The number of hydrogen-bond acceptors (Lipinski definition) is 3. The molecule has 1 rings (SSSR count). The highest BCUT2D eigenvalue weighted by atomic mass is 16.1. The van der Waals surface area contributed by atoms with Gasteiger partial charge in [-0.15, -0.1) is 0 Å². The zero-order chi connectivity index (χ0) is 13.5. The van der Waals surface area contributed by atoms with Crippen molar-refractivity contribution in [2.75, 3.05) is 36.0 Å². The monoisotopic (exact) mass is 248 g/mol. The predicted octanol–water partition coefficient (Wildman–Crippen LogP) is 3.19. The van der Waals surface area contributed by atoms with Crippen molar-refractivity contribution >= 4 is 17.7 Å². The molecule has 0 saturated heterocycles. The zero-order valence-electron chi connectivity index (χ0n) is 11.9. The van der Waals surface area contributed by atoms with Crippen molar-refractivity contribution in [2.45, 2.75) is 27.7 Å². The molecule has 0 saturated carbocycles. The summed E-state index contributed by atoms with van der Waals surface area (Å²) < 4.78 is 0. The van der Waals surface area contributed by atoms with Crippen LogP contribution in [0, 0.1) is 0 Å². The lowest BCUT2D eigenvalue weighted by Gasteiger charge is -2.31. The van der Waals surface area contributed by atoms with E-state index in [-0.39, 0.29) is 0 Å². The van der Waals surface area contributed by atoms with Crippen LogP contribution in [-0.2, 0) is 0 Å². The molecule has 0 spiro atoms. The summed E-state index contributed by atoms with van der Waals surface area (Å²) in [6.07, 6.45) is 0.959. The summed E-state index contributed by atoms with van der Waals surface area (Å²) in [6.45, 7) is 12.3. The molecular formula is C15H24N2O. The van der Waals surface area contributed by atoms with Gasteiger partial charge >= 0.3 is 0 Å². The third-order valence-electron chi connectivity index (χ3n) is 3.36. The van der Waals surface area contributed by atoms with E-state index in [2.05, 4.69) is 43.6 Å². The van der Waals surface area contributed by atoms with Gasteiger partial charge in [0.05, 0.1) is 11.4 Å². The first kappa shape index (κ1) is 14.6. The van der Waals surface area contributed by atoms with Crippen molar-refractivity contribution in [2.24, 2.45) is 0 Å². The topological polar surface area (TPSA) is 23.6 Å². The van der Waals surface area contributed by atoms with Crippen molar-refractivity contribution in [3.8, 4) is 0 Å². The summed E-state index contributed by atoms with van der Waals surface area (Å²) >= 11 is 0. The maximum atomic E-state index is 11.3. The fourth-order valence-electron chi connectivity index (χ4n) is 2.35. The molecule has 1 aromatic carbocycles. The highest BCUT2D eigenvalue weighted by Gasteiger charge is 2.16. The minimum Gasteiger partial charge on any atom is -0.370 e. The highest BCUT2D eigenvalue weighted by molar-refractivity contribution is 5.91. The molecule has 0 aromatic heterocycles. The molecule has 0 unspecified atom stereocenters. The minimum absolute atomic E-state index is 0.781. The Labute approximate surface area is 110 Å². The maximum Gasteiger partial charge on any atom is 0.152 e. The van der Waals surface area contributed by atoms with Crippen molar-refractivity contribution in [3.63, 3.8) is 0 Å². The van der Waals surface area contributed by atoms with E-state index in [9.17, 15) is 4.79 Å². The number of anilines is 2. The molecule has 0 bridgehead atoms. The molecule has 100 valence electrons. The van der Waals surface area contributed by atoms with Crippen LogP contribution in [0.2, 0.25) is 0 Å². The first-order valence-electron chi connectivity index (χ1n) is 6.81. The van der Waals surface area contributed by atoms with Gasteiger partial charge in [-0.2, -0.15) is 0 Å². The Bertz CT molecular complexity index is 382. The number of aldehydes is 1. The average molecular weight is 248 g/mol. The molecule has 0 heterocycles. The molecular weight excluding hydrogens is 224 g/mol. The van der Waals surface area contributed by atoms with Gasteiger partial charge in [-0.1, -0.05) is 6.07 Å². The van der Waals surface area contributed by atoms with Gasteiger partial charge in [0.15, 0.2) is 6.29 Å². The molecule has 0 aliphatic heterocycles. The molecule has 0 radical (unpaired) electrons. The second kappa shape index (κ2) is 7.04. The minimum atomic E-state index is 0.781. The van der Waals surface area contributed by atoms with Crippen molar-refractivity contribution in [1.82, 2.24) is 0 Å². The van der Waals surface area contributed by atoms with Gasteiger partial charge in [0, 0.05) is 31.7 Å². The van der Waals surface area contributed by atoms with Crippen LogP contribution in [-0.4, -0.2) is 32.5 Å². The largest absolute Gasteiger partial charge is 0.370 e. The van der Waals surface area contributed by atoms with Gasteiger partial charge in [0.1, 0.15) is 0 Å². The van der Waals surface area contributed by atoms with Gasteiger partial charge in [-0.3, -0.25) is 4.79 Å². The number of benzene rings is 1. The van der Waals surface area contributed by atoms with E-state index in [0.29, 0.717) is 0 Å². The fourth-order valence-corrected chi connectivity index (χ4v) is 2.35. The Hall–Kier alpha value is -1.51. The Kier molecular flexibility index (Phi) is 5.69. The smallest absolute Gasteiger partial charge is 0.152 e. The molecule has 0 N–H and O–H groups in total. The maximum absolute atomic E-state index is 11.3. The summed E-state index contributed by atoms with van der Waals surface area (Å²) in [5.41, 5.74) is 3.01. The summed E-state index contributed by atoms with van der Waals surface area (Å²) in [5.74, 6) is 0. The zero-order valence-corrected chi connectivity index (χ0v) is 11.9. The molecule has 0 atom stereocenters. The standard InChI is InChI=1S/C15H24N2O/c1-5-16(6-2)14-11-9-10-13(12-18)15(14)17(7-3)8-4/h9-12H,5-8H2,1-4H3.